The minimum absolute atomic E-state index is 0. The van der Waals surface area contributed by atoms with Crippen LogP contribution in [0.1, 0.15) is 26.7 Å². The van der Waals surface area contributed by atoms with Crippen LogP contribution in [0.15, 0.2) is 0 Å². The van der Waals surface area contributed by atoms with Gasteiger partial charge in [-0.2, -0.15) is 0 Å². The molecule has 16 heavy (non-hydrogen) atoms. The van der Waals surface area contributed by atoms with Crippen molar-refractivity contribution in [2.75, 3.05) is 19.6 Å². The molecule has 1 saturated heterocycles. The Kier molecular flexibility index (Phi) is 6.95. The van der Waals surface area contributed by atoms with Crippen molar-refractivity contribution in [3.8, 4) is 0 Å². The Balaban J connectivity index is 0.00000225. The Morgan fingerprint density at radius 1 is 1.44 bits per heavy atom. The maximum Gasteiger partial charge on any atom is 0.226 e. The van der Waals surface area contributed by atoms with E-state index >= 15 is 0 Å². The molecule has 1 amide bonds. The second kappa shape index (κ2) is 7.09. The van der Waals surface area contributed by atoms with Gasteiger partial charge in [-0.05, 0) is 25.7 Å². The van der Waals surface area contributed by atoms with Crippen LogP contribution >= 0.6 is 12.4 Å². The molecule has 1 fully saturated rings. The lowest BCUT2D eigenvalue weighted by atomic mass is 9.91. The van der Waals surface area contributed by atoms with Gasteiger partial charge in [-0.1, -0.05) is 6.92 Å². The summed E-state index contributed by atoms with van der Waals surface area (Å²) in [6.07, 6.45) is 1.55. The molecule has 4 nitrogen and oxygen atoms in total. The number of carbonyl (C=O) groups excluding carboxylic acids is 1. The third-order valence-electron chi connectivity index (χ3n) is 3.31. The quantitative estimate of drug-likeness (QED) is 0.772. The highest BCUT2D eigenvalue weighted by molar-refractivity contribution is 5.85. The maximum atomic E-state index is 11.8. The number of aliphatic hydroxyl groups is 1. The summed E-state index contributed by atoms with van der Waals surface area (Å²) in [6.45, 7) is 5.63. The second-order valence-electron chi connectivity index (χ2n) is 4.54. The molecule has 1 aliphatic heterocycles. The Morgan fingerprint density at radius 3 is 2.31 bits per heavy atom. The number of rotatable bonds is 3. The molecule has 96 valence electrons. The molecule has 2 unspecified atom stereocenters. The summed E-state index contributed by atoms with van der Waals surface area (Å²) < 4.78 is 0. The van der Waals surface area contributed by atoms with Gasteiger partial charge in [0.25, 0.3) is 0 Å². The number of carbonyl (C=O) groups is 1. The van der Waals surface area contributed by atoms with Gasteiger partial charge < -0.3 is 15.7 Å². The van der Waals surface area contributed by atoms with Gasteiger partial charge in [0.1, 0.15) is 0 Å². The van der Waals surface area contributed by atoms with E-state index in [1.54, 1.807) is 0 Å². The molecule has 0 aromatic rings. The van der Waals surface area contributed by atoms with Gasteiger partial charge in [0.15, 0.2) is 0 Å². The van der Waals surface area contributed by atoms with E-state index in [2.05, 4.69) is 0 Å². The molecule has 0 aromatic heterocycles. The monoisotopic (exact) mass is 250 g/mol. The van der Waals surface area contributed by atoms with Crippen molar-refractivity contribution in [2.24, 2.45) is 17.6 Å². The first kappa shape index (κ1) is 15.7. The highest BCUT2D eigenvalue weighted by Gasteiger charge is 2.27. The lowest BCUT2D eigenvalue weighted by molar-refractivity contribution is -0.136. The molecule has 2 atom stereocenters. The predicted octanol–water partition coefficient (Wildman–Crippen LogP) is 0.622. The van der Waals surface area contributed by atoms with E-state index in [0.29, 0.717) is 12.5 Å². The molecular weight excluding hydrogens is 228 g/mol. The number of amides is 1. The van der Waals surface area contributed by atoms with Gasteiger partial charge >= 0.3 is 0 Å². The Bertz CT molecular complexity index is 216. The van der Waals surface area contributed by atoms with E-state index < -0.39 is 0 Å². The zero-order valence-electron chi connectivity index (χ0n) is 10.1. The fourth-order valence-electron chi connectivity index (χ4n) is 2.01. The molecule has 0 aliphatic carbocycles. The van der Waals surface area contributed by atoms with Crippen LogP contribution in [0.4, 0.5) is 0 Å². The number of hydrogen-bond acceptors (Lipinski definition) is 3. The van der Waals surface area contributed by atoms with Crippen LogP contribution in [0.2, 0.25) is 0 Å². The summed E-state index contributed by atoms with van der Waals surface area (Å²) in [5.74, 6) is 0.428. The summed E-state index contributed by atoms with van der Waals surface area (Å²) in [6, 6.07) is 0. The van der Waals surface area contributed by atoms with Crippen molar-refractivity contribution in [3.63, 3.8) is 0 Å². The minimum atomic E-state index is -0.255. The summed E-state index contributed by atoms with van der Waals surface area (Å²) in [4.78, 5) is 13.7. The fraction of sp³-hybridized carbons (Fsp3) is 0.909. The number of aliphatic hydroxyl groups excluding tert-OH is 1. The van der Waals surface area contributed by atoms with Gasteiger partial charge in [-0.3, -0.25) is 4.79 Å². The lowest BCUT2D eigenvalue weighted by Gasteiger charge is -2.34. The smallest absolute Gasteiger partial charge is 0.226 e. The van der Waals surface area contributed by atoms with Crippen molar-refractivity contribution < 1.29 is 9.90 Å². The van der Waals surface area contributed by atoms with Crippen LogP contribution in [0.5, 0.6) is 0 Å². The van der Waals surface area contributed by atoms with Crippen LogP contribution in [0, 0.1) is 11.8 Å². The van der Waals surface area contributed by atoms with E-state index in [1.165, 1.54) is 0 Å². The molecule has 3 N–H and O–H groups in total. The van der Waals surface area contributed by atoms with Crippen molar-refractivity contribution in [1.29, 1.82) is 0 Å². The standard InChI is InChI=1S/C11H22N2O2.ClH/c1-8(7-12)11(15)13-5-3-10(4-6-13)9(2)14;/h8-10,14H,3-7,12H2,1-2H3;1H. The van der Waals surface area contributed by atoms with Gasteiger partial charge in [-0.15, -0.1) is 12.4 Å². The predicted molar refractivity (Wildman–Crippen MR) is 66.5 cm³/mol. The van der Waals surface area contributed by atoms with Crippen LogP contribution < -0.4 is 5.73 Å². The zero-order valence-corrected chi connectivity index (χ0v) is 10.9. The number of nitrogens with two attached hydrogens (primary N) is 1. The SMILES string of the molecule is CC(CN)C(=O)N1CCC(C(C)O)CC1.Cl. The van der Waals surface area contributed by atoms with Crippen molar-refractivity contribution in [1.82, 2.24) is 4.90 Å². The lowest BCUT2D eigenvalue weighted by Crippen LogP contribution is -2.44. The fourth-order valence-corrected chi connectivity index (χ4v) is 2.01. The van der Waals surface area contributed by atoms with Crippen molar-refractivity contribution in [3.05, 3.63) is 0 Å². The molecule has 0 aromatic carbocycles. The Hall–Kier alpha value is -0.320. The average molecular weight is 251 g/mol. The van der Waals surface area contributed by atoms with Crippen molar-refractivity contribution >= 4 is 18.3 Å². The van der Waals surface area contributed by atoms with Crippen LogP contribution in [0.3, 0.4) is 0 Å². The molecule has 1 rings (SSSR count). The largest absolute Gasteiger partial charge is 0.393 e. The number of likely N-dealkylation sites (tertiary alicyclic amines) is 1. The molecule has 1 aliphatic rings. The molecular formula is C11H23ClN2O2. The van der Waals surface area contributed by atoms with E-state index in [1.807, 2.05) is 18.7 Å². The van der Waals surface area contributed by atoms with Gasteiger partial charge in [0.2, 0.25) is 5.91 Å². The summed E-state index contributed by atoms with van der Waals surface area (Å²) in [5.41, 5.74) is 5.47. The first-order chi connectivity index (χ1) is 7.06. The molecule has 5 heteroatoms. The molecule has 0 saturated carbocycles. The number of hydrogen-bond donors (Lipinski definition) is 2. The summed E-state index contributed by atoms with van der Waals surface area (Å²) in [5, 5.41) is 9.43. The third kappa shape index (κ3) is 3.92. The molecule has 0 spiro atoms. The normalized spacial score (nSPS) is 21.1. The van der Waals surface area contributed by atoms with Gasteiger partial charge in [0, 0.05) is 25.6 Å². The van der Waals surface area contributed by atoms with Crippen LogP contribution in [-0.4, -0.2) is 41.7 Å². The summed E-state index contributed by atoms with van der Waals surface area (Å²) >= 11 is 0. The zero-order chi connectivity index (χ0) is 11.4. The van der Waals surface area contributed by atoms with E-state index in [-0.39, 0.29) is 30.3 Å². The highest BCUT2D eigenvalue weighted by Crippen LogP contribution is 2.21. The Labute approximate surface area is 104 Å². The minimum Gasteiger partial charge on any atom is -0.393 e. The van der Waals surface area contributed by atoms with Crippen molar-refractivity contribution in [2.45, 2.75) is 32.8 Å². The van der Waals surface area contributed by atoms with Crippen LogP contribution in [-0.2, 0) is 4.79 Å². The number of halogens is 1. The van der Waals surface area contributed by atoms with E-state index in [9.17, 15) is 9.90 Å². The number of piperidine rings is 1. The highest BCUT2D eigenvalue weighted by atomic mass is 35.5. The third-order valence-corrected chi connectivity index (χ3v) is 3.31. The first-order valence-electron chi connectivity index (χ1n) is 5.73. The second-order valence-corrected chi connectivity index (χ2v) is 4.54. The van der Waals surface area contributed by atoms with Gasteiger partial charge in [0.05, 0.1) is 6.10 Å². The van der Waals surface area contributed by atoms with Crippen LogP contribution in [0.25, 0.3) is 0 Å². The molecule has 0 bridgehead atoms. The van der Waals surface area contributed by atoms with E-state index in [4.69, 9.17) is 5.73 Å². The maximum absolute atomic E-state index is 11.8. The average Bonchev–Trinajstić information content (AvgIpc) is 2.27. The van der Waals surface area contributed by atoms with E-state index in [0.717, 1.165) is 25.9 Å². The molecule has 1 heterocycles. The van der Waals surface area contributed by atoms with Gasteiger partial charge in [-0.25, -0.2) is 0 Å². The molecule has 0 radical (unpaired) electrons. The summed E-state index contributed by atoms with van der Waals surface area (Å²) in [7, 11) is 0. The Morgan fingerprint density at radius 2 is 1.94 bits per heavy atom. The topological polar surface area (TPSA) is 66.6 Å². The first-order valence-corrected chi connectivity index (χ1v) is 5.73. The number of nitrogens with zero attached hydrogens (tertiary/aromatic N) is 1.